The highest BCUT2D eigenvalue weighted by molar-refractivity contribution is 5.78. The van der Waals surface area contributed by atoms with Crippen LogP contribution in [0.4, 0.5) is 0 Å². The van der Waals surface area contributed by atoms with Crippen molar-refractivity contribution in [3.05, 3.63) is 96.3 Å². The van der Waals surface area contributed by atoms with E-state index in [-0.39, 0.29) is 12.6 Å². The third-order valence-corrected chi connectivity index (χ3v) is 6.82. The fourth-order valence-corrected chi connectivity index (χ4v) is 5.00. The largest absolute Gasteiger partial charge is 0.482 e. The molecule has 0 spiro atoms. The molecule has 1 aromatic heterocycles. The van der Waals surface area contributed by atoms with E-state index in [1.165, 1.54) is 29.5 Å². The molecule has 1 unspecified atom stereocenters. The number of carbonyl (C=O) groups excluding carboxylic acids is 1. The van der Waals surface area contributed by atoms with Gasteiger partial charge in [0.2, 0.25) is 0 Å². The molecule has 1 heterocycles. The van der Waals surface area contributed by atoms with Crippen LogP contribution in [0.25, 0.3) is 22.5 Å². The first-order valence-electron chi connectivity index (χ1n) is 12.2. The predicted molar refractivity (Wildman–Crippen MR) is 137 cm³/mol. The molecule has 178 valence electrons. The molecule has 0 saturated heterocycles. The fraction of sp³-hybridized carbons (Fsp3) is 0.267. The quantitative estimate of drug-likeness (QED) is 0.301. The summed E-state index contributed by atoms with van der Waals surface area (Å²) in [6, 6.07) is 27.1. The van der Waals surface area contributed by atoms with Gasteiger partial charge in [0.1, 0.15) is 5.75 Å². The Balaban J connectivity index is 1.32. The Morgan fingerprint density at radius 1 is 0.971 bits per heavy atom. The molecule has 0 amide bonds. The molecule has 0 radical (unpaired) electrons. The SMILES string of the molecule is COC(=O)COc1cccc2c1CCC(CCn1cnc(-c3ccccc3)c1-c1ccccc1)C2. The number of methoxy groups -OCH3 is 1. The monoisotopic (exact) mass is 466 g/mol. The molecule has 0 N–H and O–H groups in total. The lowest BCUT2D eigenvalue weighted by Crippen LogP contribution is -2.19. The molecule has 5 nitrogen and oxygen atoms in total. The number of ether oxygens (including phenoxy) is 2. The van der Waals surface area contributed by atoms with Crippen LogP contribution >= 0.6 is 0 Å². The minimum absolute atomic E-state index is 0.0526. The van der Waals surface area contributed by atoms with Gasteiger partial charge in [0.25, 0.3) is 0 Å². The zero-order valence-corrected chi connectivity index (χ0v) is 20.0. The van der Waals surface area contributed by atoms with Gasteiger partial charge in [0.15, 0.2) is 6.61 Å². The number of benzene rings is 3. The summed E-state index contributed by atoms with van der Waals surface area (Å²) < 4.78 is 12.8. The summed E-state index contributed by atoms with van der Waals surface area (Å²) >= 11 is 0. The average molecular weight is 467 g/mol. The molecule has 4 aromatic rings. The minimum atomic E-state index is -0.360. The summed E-state index contributed by atoms with van der Waals surface area (Å²) in [5.41, 5.74) is 7.07. The predicted octanol–water partition coefficient (Wildman–Crippen LogP) is 5.96. The lowest BCUT2D eigenvalue weighted by molar-refractivity contribution is -0.142. The summed E-state index contributed by atoms with van der Waals surface area (Å²) in [6.07, 6.45) is 6.15. The van der Waals surface area contributed by atoms with E-state index in [0.717, 1.165) is 49.2 Å². The van der Waals surface area contributed by atoms with E-state index in [1.54, 1.807) is 0 Å². The molecule has 0 aliphatic heterocycles. The second-order valence-corrected chi connectivity index (χ2v) is 9.02. The molecule has 0 saturated carbocycles. The summed E-state index contributed by atoms with van der Waals surface area (Å²) in [5, 5.41) is 0. The average Bonchev–Trinajstić information content (AvgIpc) is 3.35. The topological polar surface area (TPSA) is 53.4 Å². The number of imidazole rings is 1. The maximum Gasteiger partial charge on any atom is 0.343 e. The van der Waals surface area contributed by atoms with E-state index in [2.05, 4.69) is 65.2 Å². The number of nitrogens with zero attached hydrogens (tertiary/aromatic N) is 2. The van der Waals surface area contributed by atoms with Crippen molar-refractivity contribution >= 4 is 5.97 Å². The smallest absolute Gasteiger partial charge is 0.343 e. The second kappa shape index (κ2) is 10.6. The van der Waals surface area contributed by atoms with Crippen LogP contribution in [0.3, 0.4) is 0 Å². The van der Waals surface area contributed by atoms with Crippen molar-refractivity contribution < 1.29 is 14.3 Å². The van der Waals surface area contributed by atoms with E-state index < -0.39 is 0 Å². The first-order valence-corrected chi connectivity index (χ1v) is 12.2. The number of aromatic nitrogens is 2. The van der Waals surface area contributed by atoms with Crippen LogP contribution in [-0.2, 0) is 28.9 Å². The number of esters is 1. The van der Waals surface area contributed by atoms with Gasteiger partial charge in [-0.15, -0.1) is 0 Å². The van der Waals surface area contributed by atoms with Crippen molar-refractivity contribution in [3.63, 3.8) is 0 Å². The van der Waals surface area contributed by atoms with E-state index in [0.29, 0.717) is 5.92 Å². The summed E-state index contributed by atoms with van der Waals surface area (Å²) in [5.74, 6) is 1.03. The number of aryl methyl sites for hydroxylation is 1. The maximum atomic E-state index is 11.5. The van der Waals surface area contributed by atoms with Crippen molar-refractivity contribution in [1.29, 1.82) is 0 Å². The fourth-order valence-electron chi connectivity index (χ4n) is 5.00. The van der Waals surface area contributed by atoms with Crippen LogP contribution in [0.5, 0.6) is 5.75 Å². The normalized spacial score (nSPS) is 14.8. The molecule has 0 bridgehead atoms. The Bertz CT molecular complexity index is 1280. The zero-order chi connectivity index (χ0) is 24.0. The van der Waals surface area contributed by atoms with Gasteiger partial charge in [-0.3, -0.25) is 0 Å². The number of hydrogen-bond acceptors (Lipinski definition) is 4. The van der Waals surface area contributed by atoms with Gasteiger partial charge in [-0.1, -0.05) is 72.8 Å². The van der Waals surface area contributed by atoms with E-state index in [9.17, 15) is 4.79 Å². The van der Waals surface area contributed by atoms with Crippen LogP contribution in [0.1, 0.15) is 24.0 Å². The van der Waals surface area contributed by atoms with E-state index in [1.807, 2.05) is 24.5 Å². The highest BCUT2D eigenvalue weighted by Gasteiger charge is 2.23. The van der Waals surface area contributed by atoms with Crippen LogP contribution in [0, 0.1) is 5.92 Å². The molecule has 1 atom stereocenters. The lowest BCUT2D eigenvalue weighted by Gasteiger charge is -2.26. The zero-order valence-electron chi connectivity index (χ0n) is 20.0. The van der Waals surface area contributed by atoms with Crippen LogP contribution in [0.2, 0.25) is 0 Å². The van der Waals surface area contributed by atoms with Crippen molar-refractivity contribution in [2.24, 2.45) is 5.92 Å². The Labute approximate surface area is 206 Å². The van der Waals surface area contributed by atoms with E-state index in [4.69, 9.17) is 14.5 Å². The third kappa shape index (κ3) is 5.14. The van der Waals surface area contributed by atoms with E-state index >= 15 is 0 Å². The number of hydrogen-bond donors (Lipinski definition) is 0. The lowest BCUT2D eigenvalue weighted by atomic mass is 9.82. The maximum absolute atomic E-state index is 11.5. The number of rotatable bonds is 8. The molecule has 5 rings (SSSR count). The number of fused-ring (bicyclic) bond motifs is 1. The van der Waals surface area contributed by atoms with Crippen LogP contribution in [0.15, 0.2) is 85.2 Å². The first-order chi connectivity index (χ1) is 17.2. The Hall–Kier alpha value is -3.86. The van der Waals surface area contributed by atoms with Crippen LogP contribution < -0.4 is 4.74 Å². The molecular formula is C30H30N2O3. The van der Waals surface area contributed by atoms with Gasteiger partial charge >= 0.3 is 5.97 Å². The van der Waals surface area contributed by atoms with Crippen LogP contribution in [-0.4, -0.2) is 29.2 Å². The second-order valence-electron chi connectivity index (χ2n) is 9.02. The molecule has 35 heavy (non-hydrogen) atoms. The van der Waals surface area contributed by atoms with Gasteiger partial charge in [0.05, 0.1) is 24.8 Å². The first kappa shape index (κ1) is 22.9. The highest BCUT2D eigenvalue weighted by atomic mass is 16.6. The van der Waals surface area contributed by atoms with Gasteiger partial charge in [-0.05, 0) is 48.8 Å². The van der Waals surface area contributed by atoms with Crippen molar-refractivity contribution in [3.8, 4) is 28.3 Å². The molecule has 0 fully saturated rings. The standard InChI is InChI=1S/C30H30N2O3/c1-34-28(33)20-35-27-14-8-13-25-19-22(15-16-26(25)27)17-18-32-21-31-29(23-9-4-2-5-10-23)30(32)24-11-6-3-7-12-24/h2-14,21-22H,15-20H2,1H3. The van der Waals surface area contributed by atoms with Crippen molar-refractivity contribution in [2.45, 2.75) is 32.2 Å². The molecular weight excluding hydrogens is 436 g/mol. The Morgan fingerprint density at radius 3 is 2.46 bits per heavy atom. The summed E-state index contributed by atoms with van der Waals surface area (Å²) in [7, 11) is 1.38. The Morgan fingerprint density at radius 2 is 1.71 bits per heavy atom. The Kier molecular flexibility index (Phi) is 6.94. The minimum Gasteiger partial charge on any atom is -0.482 e. The van der Waals surface area contributed by atoms with Gasteiger partial charge in [0, 0.05) is 17.7 Å². The molecule has 1 aliphatic carbocycles. The third-order valence-electron chi connectivity index (χ3n) is 6.82. The van der Waals surface area contributed by atoms with Crippen molar-refractivity contribution in [1.82, 2.24) is 9.55 Å². The summed E-state index contributed by atoms with van der Waals surface area (Å²) in [4.78, 5) is 16.3. The summed E-state index contributed by atoms with van der Waals surface area (Å²) in [6.45, 7) is 0.867. The molecule has 1 aliphatic rings. The molecule has 5 heteroatoms. The molecule has 3 aromatic carbocycles. The van der Waals surface area contributed by atoms with Gasteiger partial charge in [-0.25, -0.2) is 9.78 Å². The highest BCUT2D eigenvalue weighted by Crippen LogP contribution is 2.35. The number of carbonyl (C=O) groups is 1. The van der Waals surface area contributed by atoms with Gasteiger partial charge < -0.3 is 14.0 Å². The van der Waals surface area contributed by atoms with Gasteiger partial charge in [-0.2, -0.15) is 0 Å². The van der Waals surface area contributed by atoms with Crippen molar-refractivity contribution in [2.75, 3.05) is 13.7 Å².